The third-order valence-corrected chi connectivity index (χ3v) is 4.97. The number of aromatic nitrogens is 1. The van der Waals surface area contributed by atoms with Crippen molar-refractivity contribution in [3.63, 3.8) is 0 Å². The highest BCUT2D eigenvalue weighted by molar-refractivity contribution is 7.96. The van der Waals surface area contributed by atoms with E-state index in [1.807, 2.05) is 0 Å². The maximum atomic E-state index is 12.3. The molecule has 8 nitrogen and oxygen atoms in total. The number of ketones is 2. The van der Waals surface area contributed by atoms with Crippen LogP contribution in [0.1, 0.15) is 31.3 Å². The van der Waals surface area contributed by atoms with Gasteiger partial charge < -0.3 is 10.4 Å². The summed E-state index contributed by atoms with van der Waals surface area (Å²) in [4.78, 5) is 38.4. The van der Waals surface area contributed by atoms with E-state index in [2.05, 4.69) is 10.3 Å². The smallest absolute Gasteiger partial charge is 0.354 e. The monoisotopic (exact) mass is 308 g/mol. The fourth-order valence-corrected chi connectivity index (χ4v) is 3.69. The number of nitrogens with zero attached hydrogens (tertiary/aromatic N) is 1. The first-order valence-corrected chi connectivity index (χ1v) is 7.53. The van der Waals surface area contributed by atoms with Crippen molar-refractivity contribution < 1.29 is 27.9 Å². The van der Waals surface area contributed by atoms with Gasteiger partial charge in [0, 0.05) is 6.54 Å². The number of hydrogen-bond donors (Lipinski definition) is 2. The number of hydrogen-bond acceptors (Lipinski definition) is 7. The molecule has 21 heavy (non-hydrogen) atoms. The summed E-state index contributed by atoms with van der Waals surface area (Å²) in [7, 11) is -3.88. The lowest BCUT2D eigenvalue weighted by molar-refractivity contribution is 0.0689. The Morgan fingerprint density at radius 3 is 2.62 bits per heavy atom. The van der Waals surface area contributed by atoms with Crippen LogP contribution in [0.5, 0.6) is 0 Å². The number of sulfone groups is 1. The van der Waals surface area contributed by atoms with Gasteiger partial charge in [-0.15, -0.1) is 0 Å². The molecule has 1 aromatic rings. The molecule has 2 aliphatic rings. The molecular weight excluding hydrogens is 300 g/mol. The van der Waals surface area contributed by atoms with Crippen molar-refractivity contribution in [1.29, 1.82) is 0 Å². The van der Waals surface area contributed by atoms with Crippen LogP contribution in [0.3, 0.4) is 0 Å². The second-order valence-corrected chi connectivity index (χ2v) is 6.55. The number of carbonyl (C=O) groups excluding carboxylic acids is 2. The maximum Gasteiger partial charge on any atom is 0.354 e. The fourth-order valence-electron chi connectivity index (χ4n) is 2.26. The Morgan fingerprint density at radius 2 is 1.95 bits per heavy atom. The largest absolute Gasteiger partial charge is 0.477 e. The normalized spacial score (nSPS) is 19.6. The summed E-state index contributed by atoms with van der Waals surface area (Å²) in [5.41, 5.74) is -1.23. The van der Waals surface area contributed by atoms with Gasteiger partial charge in [-0.3, -0.25) is 9.59 Å². The summed E-state index contributed by atoms with van der Waals surface area (Å²) < 4.78 is 24.0. The van der Waals surface area contributed by atoms with E-state index < -0.39 is 43.7 Å². The Kier molecular flexibility index (Phi) is 2.70. The van der Waals surface area contributed by atoms with Crippen molar-refractivity contribution in [3.05, 3.63) is 39.7 Å². The van der Waals surface area contributed by atoms with Gasteiger partial charge in [-0.05, 0) is 12.1 Å². The van der Waals surface area contributed by atoms with Crippen LogP contribution in [-0.2, 0) is 9.84 Å². The van der Waals surface area contributed by atoms with E-state index in [0.717, 1.165) is 6.07 Å². The Bertz CT molecular complexity index is 852. The third-order valence-electron chi connectivity index (χ3n) is 3.22. The van der Waals surface area contributed by atoms with Gasteiger partial charge in [-0.2, -0.15) is 0 Å². The molecule has 0 saturated carbocycles. The number of Topliss-reactive ketones (excluding diaryl/α,β-unsaturated/α-hetero) is 2. The lowest BCUT2D eigenvalue weighted by atomic mass is 9.96. The van der Waals surface area contributed by atoms with Crippen molar-refractivity contribution in [1.82, 2.24) is 10.3 Å². The predicted octanol–water partition coefficient (Wildman–Crippen LogP) is -0.612. The van der Waals surface area contributed by atoms with Crippen molar-refractivity contribution in [2.24, 2.45) is 0 Å². The average Bonchev–Trinajstić information content (AvgIpc) is 2.43. The fraction of sp³-hybridized carbons (Fsp3) is 0.167. The van der Waals surface area contributed by atoms with Gasteiger partial charge in [0.2, 0.25) is 11.6 Å². The van der Waals surface area contributed by atoms with Crippen LogP contribution in [0.4, 0.5) is 0 Å². The van der Waals surface area contributed by atoms with Gasteiger partial charge in [0.05, 0.1) is 11.3 Å². The summed E-state index contributed by atoms with van der Waals surface area (Å²) in [5, 5.41) is 11.5. The molecule has 0 fully saturated rings. The number of fused-ring (bicyclic) bond motifs is 1. The topological polar surface area (TPSA) is 130 Å². The summed E-state index contributed by atoms with van der Waals surface area (Å²) >= 11 is 0. The summed E-state index contributed by atoms with van der Waals surface area (Å²) in [6.45, 7) is 0.0379. The molecule has 3 rings (SSSR count). The highest BCUT2D eigenvalue weighted by atomic mass is 32.2. The molecule has 2 heterocycles. The van der Waals surface area contributed by atoms with Gasteiger partial charge in [0.1, 0.15) is 22.0 Å². The first-order chi connectivity index (χ1) is 9.83. The van der Waals surface area contributed by atoms with Crippen LogP contribution in [0, 0.1) is 0 Å². The van der Waals surface area contributed by atoms with Gasteiger partial charge in [-0.25, -0.2) is 18.2 Å². The van der Waals surface area contributed by atoms with Crippen molar-refractivity contribution in [2.45, 2.75) is 0 Å². The van der Waals surface area contributed by atoms with Crippen molar-refractivity contribution in [3.8, 4) is 0 Å². The van der Waals surface area contributed by atoms with Crippen LogP contribution in [0.2, 0.25) is 0 Å². The highest BCUT2D eigenvalue weighted by Gasteiger charge is 2.42. The number of rotatable bonds is 1. The molecular formula is C12H8N2O6S. The summed E-state index contributed by atoms with van der Waals surface area (Å²) in [6.07, 6.45) is 0. The zero-order valence-corrected chi connectivity index (χ0v) is 11.2. The SMILES string of the molecule is O=C(O)c1ccc2c(n1)C(=O)C1=C(NCCS1(=O)=O)C2=O. The number of carboxylic acid groups (broad SMARTS) is 1. The average molecular weight is 308 g/mol. The van der Waals surface area contributed by atoms with Gasteiger partial charge in [-0.1, -0.05) is 0 Å². The van der Waals surface area contributed by atoms with E-state index in [9.17, 15) is 22.8 Å². The zero-order valence-electron chi connectivity index (χ0n) is 10.4. The number of aromatic carboxylic acids is 1. The summed E-state index contributed by atoms with van der Waals surface area (Å²) in [5.74, 6) is -3.30. The zero-order chi connectivity index (χ0) is 15.4. The quantitative estimate of drug-likeness (QED) is 0.702. The molecule has 0 unspecified atom stereocenters. The molecule has 0 atom stereocenters. The van der Waals surface area contributed by atoms with Crippen molar-refractivity contribution in [2.75, 3.05) is 12.3 Å². The van der Waals surface area contributed by atoms with Crippen LogP contribution >= 0.6 is 0 Å². The van der Waals surface area contributed by atoms with Crippen molar-refractivity contribution >= 4 is 27.4 Å². The second-order valence-electron chi connectivity index (χ2n) is 4.51. The molecule has 2 N–H and O–H groups in total. The molecule has 0 bridgehead atoms. The van der Waals surface area contributed by atoms with Crippen LogP contribution in [0.15, 0.2) is 22.7 Å². The number of allylic oxidation sites excluding steroid dienone is 2. The number of carboxylic acids is 1. The minimum Gasteiger partial charge on any atom is -0.477 e. The Balaban J connectivity index is 2.28. The minimum atomic E-state index is -3.88. The first-order valence-electron chi connectivity index (χ1n) is 5.87. The lowest BCUT2D eigenvalue weighted by Gasteiger charge is -2.24. The molecule has 9 heteroatoms. The second kappa shape index (κ2) is 4.22. The number of pyridine rings is 1. The Morgan fingerprint density at radius 1 is 1.24 bits per heavy atom. The molecule has 108 valence electrons. The van der Waals surface area contributed by atoms with Crippen LogP contribution in [-0.4, -0.2) is 48.3 Å². The molecule has 1 aliphatic carbocycles. The lowest BCUT2D eigenvalue weighted by Crippen LogP contribution is -2.41. The molecule has 0 spiro atoms. The molecule has 0 amide bonds. The molecule has 0 radical (unpaired) electrons. The predicted molar refractivity (Wildman–Crippen MR) is 68.7 cm³/mol. The van der Waals surface area contributed by atoms with E-state index in [1.165, 1.54) is 6.07 Å². The van der Waals surface area contributed by atoms with E-state index in [-0.39, 0.29) is 23.6 Å². The van der Waals surface area contributed by atoms with E-state index in [1.54, 1.807) is 0 Å². The minimum absolute atomic E-state index is 0.0379. The highest BCUT2D eigenvalue weighted by Crippen LogP contribution is 2.29. The van der Waals surface area contributed by atoms with E-state index >= 15 is 0 Å². The van der Waals surface area contributed by atoms with E-state index in [4.69, 9.17) is 5.11 Å². The Hall–Kier alpha value is -2.55. The first kappa shape index (κ1) is 13.4. The maximum absolute atomic E-state index is 12.3. The molecule has 1 aromatic heterocycles. The standard InChI is InChI=1S/C12H8N2O6S/c15-9-5-1-2-6(12(17)18)14-7(5)10(16)11-8(9)13-3-4-21(11,19)20/h1-2,13H,3-4H2,(H,17,18). The van der Waals surface area contributed by atoms with Gasteiger partial charge in [0.25, 0.3) is 0 Å². The van der Waals surface area contributed by atoms with E-state index in [0.29, 0.717) is 0 Å². The Labute approximate surface area is 118 Å². The van der Waals surface area contributed by atoms with Crippen LogP contribution < -0.4 is 5.32 Å². The third kappa shape index (κ3) is 1.85. The number of carbonyl (C=O) groups is 3. The molecule has 0 saturated heterocycles. The van der Waals surface area contributed by atoms with Crippen LogP contribution in [0.25, 0.3) is 0 Å². The number of nitrogens with one attached hydrogen (secondary N) is 1. The molecule has 1 aliphatic heterocycles. The van der Waals surface area contributed by atoms with Gasteiger partial charge in [0.15, 0.2) is 9.84 Å². The summed E-state index contributed by atoms with van der Waals surface area (Å²) in [6, 6.07) is 2.26. The molecule has 0 aromatic carbocycles. The van der Waals surface area contributed by atoms with Gasteiger partial charge >= 0.3 is 5.97 Å².